The molecule has 0 saturated heterocycles. The van der Waals surface area contributed by atoms with Gasteiger partial charge < -0.3 is 0 Å². The van der Waals surface area contributed by atoms with Crippen molar-refractivity contribution in [3.05, 3.63) is 0 Å². The molecule has 0 aromatic rings. The minimum Gasteiger partial charge on any atom is -0.124 e. The number of hydrogen-bond donors (Lipinski definition) is 0. The molecule has 0 amide bonds. The lowest BCUT2D eigenvalue weighted by Gasteiger charge is -2.66. The Kier molecular flexibility index (Phi) is 5.90. The molecule has 0 aromatic heterocycles. The van der Waals surface area contributed by atoms with E-state index >= 15 is 0 Å². The lowest BCUT2D eigenvalue weighted by molar-refractivity contribution is -0.166. The van der Waals surface area contributed by atoms with Crippen LogP contribution in [0.15, 0.2) is 0 Å². The number of hydrogen-bond acceptors (Lipinski definition) is 1. The van der Waals surface area contributed by atoms with E-state index in [2.05, 4.69) is 33.6 Å². The Morgan fingerprint density at radius 2 is 1.57 bits per heavy atom. The Labute approximate surface area is 183 Å². The summed E-state index contributed by atoms with van der Waals surface area (Å²) in [5, 5.41) is 0.756. The fourth-order valence-electron chi connectivity index (χ4n) is 9.78. The summed E-state index contributed by atoms with van der Waals surface area (Å²) in [7, 11) is 8.07. The van der Waals surface area contributed by atoms with Crippen LogP contribution < -0.4 is 0 Å². The van der Waals surface area contributed by atoms with Crippen molar-refractivity contribution in [3.63, 3.8) is 0 Å². The lowest BCUT2D eigenvalue weighted by atomic mass is 9.39. The maximum atomic E-state index is 6.37. The molecule has 0 aliphatic heterocycles. The van der Waals surface area contributed by atoms with Crippen molar-refractivity contribution < 1.29 is 0 Å². The van der Waals surface area contributed by atoms with Crippen molar-refractivity contribution in [2.24, 2.45) is 45.8 Å². The summed E-state index contributed by atoms with van der Waals surface area (Å²) in [6.45, 7) is 7.93. The van der Waals surface area contributed by atoms with Gasteiger partial charge in [0.05, 0.1) is 0 Å². The van der Waals surface area contributed by atoms with Gasteiger partial charge in [-0.3, -0.25) is 0 Å². The monoisotopic (exact) mass is 420 g/mol. The smallest absolute Gasteiger partial charge is 0.0233 e. The van der Waals surface area contributed by atoms with E-state index in [0.29, 0.717) is 16.2 Å². The molecular formula is C26H41ClS. The van der Waals surface area contributed by atoms with Crippen molar-refractivity contribution in [2.45, 2.75) is 103 Å². The summed E-state index contributed by atoms with van der Waals surface area (Å²) in [4.78, 5) is 0. The molecule has 0 heterocycles. The van der Waals surface area contributed by atoms with Gasteiger partial charge in [0.15, 0.2) is 0 Å². The zero-order valence-corrected chi connectivity index (χ0v) is 20.0. The minimum atomic E-state index is 0.620. The third-order valence-electron chi connectivity index (χ3n) is 11.1. The minimum absolute atomic E-state index is 0.620. The zero-order chi connectivity index (χ0) is 20.2. The van der Waals surface area contributed by atoms with Crippen molar-refractivity contribution in [3.8, 4) is 12.8 Å². The Balaban J connectivity index is 0.000000932. The normalized spacial score (nSPS) is 54.9. The molecule has 8 unspecified atom stereocenters. The first kappa shape index (κ1) is 21.4. The first-order valence-corrected chi connectivity index (χ1v) is 13.7. The molecule has 28 heavy (non-hydrogen) atoms. The average Bonchev–Trinajstić information content (AvgIpc) is 3.10. The molecule has 9 atom stereocenters. The van der Waals surface area contributed by atoms with Gasteiger partial charge in [-0.15, -0.1) is 12.8 Å². The molecule has 5 fully saturated rings. The second-order valence-electron chi connectivity index (χ2n) is 11.7. The maximum Gasteiger partial charge on any atom is 0.0233 e. The van der Waals surface area contributed by atoms with Gasteiger partial charge in [-0.25, -0.2) is 0 Å². The molecule has 5 aliphatic carbocycles. The summed E-state index contributed by atoms with van der Waals surface area (Å²) in [5.41, 5.74) is 1.94. The number of rotatable bonds is 1. The van der Waals surface area contributed by atoms with Crippen LogP contribution in [0.3, 0.4) is 0 Å². The molecule has 5 saturated carbocycles. The van der Waals surface area contributed by atoms with E-state index in [1.807, 2.05) is 0 Å². The molecular weight excluding hydrogens is 380 g/mol. The average molecular weight is 421 g/mol. The van der Waals surface area contributed by atoms with Crippen molar-refractivity contribution in [1.82, 2.24) is 0 Å². The molecule has 0 N–H and O–H groups in total. The Bertz CT molecular complexity index is 600. The predicted octanol–water partition coefficient (Wildman–Crippen LogP) is 8.34. The molecule has 0 aromatic carbocycles. The van der Waals surface area contributed by atoms with Gasteiger partial charge in [0.25, 0.3) is 0 Å². The quantitative estimate of drug-likeness (QED) is 0.384. The topological polar surface area (TPSA) is 0 Å². The Morgan fingerprint density at radius 1 is 0.821 bits per heavy atom. The van der Waals surface area contributed by atoms with E-state index in [1.54, 1.807) is 23.8 Å². The molecule has 0 bridgehead atoms. The summed E-state index contributed by atoms with van der Waals surface area (Å²) in [5.74, 6) is 5.00. The zero-order valence-electron chi connectivity index (χ0n) is 18.4. The first-order chi connectivity index (χ1) is 13.4. The summed E-state index contributed by atoms with van der Waals surface area (Å²) >= 11 is 0. The molecule has 2 heteroatoms. The summed E-state index contributed by atoms with van der Waals surface area (Å²) < 4.78 is 0. The molecule has 158 valence electrons. The van der Waals surface area contributed by atoms with Gasteiger partial charge in [-0.05, 0) is 121 Å². The van der Waals surface area contributed by atoms with Crippen molar-refractivity contribution >= 4 is 21.7 Å². The van der Waals surface area contributed by atoms with E-state index in [4.69, 9.17) is 10.7 Å². The van der Waals surface area contributed by atoms with Crippen LogP contribution in [0.2, 0.25) is 0 Å². The largest absolute Gasteiger partial charge is 0.124 e. The van der Waals surface area contributed by atoms with Gasteiger partial charge >= 0.3 is 0 Å². The summed E-state index contributed by atoms with van der Waals surface area (Å²) in [6.07, 6.45) is 26.0. The number of terminal acetylenes is 1. The number of fused-ring (bicyclic) bond motifs is 4. The van der Waals surface area contributed by atoms with Gasteiger partial charge in [0.2, 0.25) is 0 Å². The second kappa shape index (κ2) is 7.71. The highest BCUT2D eigenvalue weighted by atomic mass is 35.7. The first-order valence-electron chi connectivity index (χ1n) is 12.0. The van der Waals surface area contributed by atoms with Crippen molar-refractivity contribution in [1.29, 1.82) is 0 Å². The Hall–Kier alpha value is 0.200. The molecule has 0 radical (unpaired) electrons. The van der Waals surface area contributed by atoms with Gasteiger partial charge in [-0.2, -0.15) is 0 Å². The highest BCUT2D eigenvalue weighted by molar-refractivity contribution is 8.21. The van der Waals surface area contributed by atoms with Crippen LogP contribution in [0.25, 0.3) is 0 Å². The molecule has 5 aliphatic rings. The van der Waals surface area contributed by atoms with Crippen LogP contribution in [0.4, 0.5) is 0 Å². The molecule has 0 nitrogen and oxygen atoms in total. The SMILES string of the molecule is C#C.C[C@@H]1CCC2(C)C3CCC45CCCC(SCl)C4CCC5C3CCC2(C)C1. The predicted molar refractivity (Wildman–Crippen MR) is 124 cm³/mol. The molecule has 5 rings (SSSR count). The highest BCUT2D eigenvalue weighted by Crippen LogP contribution is 2.73. The standard InChI is InChI=1S/C24H39ClS.C2H2/c1-16-8-13-23(3)18-10-14-24-11-4-5-21(26-25)20(24)7-6-19(24)17(18)9-12-22(23,2)15-16;1-2/h16-21H,4-15H2,1-3H3;1-2H/t16-,17?,18?,19?,20?,21?,22?,23?,24?;/m1./s1. The van der Waals surface area contributed by atoms with Gasteiger partial charge in [-0.1, -0.05) is 44.6 Å². The van der Waals surface area contributed by atoms with Crippen LogP contribution in [0, 0.1) is 58.7 Å². The number of halogens is 1. The second-order valence-corrected chi connectivity index (χ2v) is 13.0. The van der Waals surface area contributed by atoms with Gasteiger partial charge in [0.1, 0.15) is 0 Å². The Morgan fingerprint density at radius 3 is 2.32 bits per heavy atom. The van der Waals surface area contributed by atoms with Crippen LogP contribution in [0.5, 0.6) is 0 Å². The third-order valence-corrected chi connectivity index (χ3v) is 12.6. The van der Waals surface area contributed by atoms with Crippen LogP contribution in [0.1, 0.15) is 97.8 Å². The van der Waals surface area contributed by atoms with E-state index in [-0.39, 0.29) is 0 Å². The highest BCUT2D eigenvalue weighted by Gasteiger charge is 2.65. The van der Waals surface area contributed by atoms with E-state index < -0.39 is 0 Å². The van der Waals surface area contributed by atoms with Crippen LogP contribution in [-0.2, 0) is 0 Å². The summed E-state index contributed by atoms with van der Waals surface area (Å²) in [6, 6.07) is 0. The maximum absolute atomic E-state index is 6.37. The molecule has 1 spiro atoms. The fourth-order valence-corrected chi connectivity index (χ4v) is 11.2. The van der Waals surface area contributed by atoms with Crippen LogP contribution >= 0.6 is 21.7 Å². The van der Waals surface area contributed by atoms with E-state index in [9.17, 15) is 0 Å². The lowest BCUT2D eigenvalue weighted by Crippen LogP contribution is -2.58. The third kappa shape index (κ3) is 2.87. The fraction of sp³-hybridized carbons (Fsp3) is 0.923. The van der Waals surface area contributed by atoms with E-state index in [1.165, 1.54) is 64.2 Å². The van der Waals surface area contributed by atoms with Crippen LogP contribution in [-0.4, -0.2) is 5.25 Å². The van der Waals surface area contributed by atoms with E-state index in [0.717, 1.165) is 34.8 Å². The van der Waals surface area contributed by atoms with Crippen molar-refractivity contribution in [2.75, 3.05) is 0 Å². The van der Waals surface area contributed by atoms with Gasteiger partial charge in [0, 0.05) is 5.25 Å².